The third-order valence-electron chi connectivity index (χ3n) is 6.74. The quantitative estimate of drug-likeness (QED) is 0.475. The number of carbonyl (C=O) groups excluding carboxylic acids is 2. The zero-order valence-corrected chi connectivity index (χ0v) is 18.9. The fourth-order valence-corrected chi connectivity index (χ4v) is 5.04. The van der Waals surface area contributed by atoms with Crippen molar-refractivity contribution in [1.29, 1.82) is 0 Å². The Balaban J connectivity index is 1.11. The van der Waals surface area contributed by atoms with E-state index < -0.39 is 12.1 Å². The van der Waals surface area contributed by atoms with Crippen molar-refractivity contribution in [2.24, 2.45) is 5.92 Å². The molecule has 1 fully saturated rings. The maximum Gasteiger partial charge on any atom is 0.407 e. The number of carboxylic acid groups (broad SMARTS) is 1. The molecule has 3 aromatic rings. The van der Waals surface area contributed by atoms with Crippen LogP contribution in [0.1, 0.15) is 52.6 Å². The predicted octanol–water partition coefficient (Wildman–Crippen LogP) is 3.70. The van der Waals surface area contributed by atoms with Gasteiger partial charge in [0.15, 0.2) is 17.8 Å². The summed E-state index contributed by atoms with van der Waals surface area (Å²) in [5.41, 5.74) is 4.42. The van der Waals surface area contributed by atoms with Crippen molar-refractivity contribution in [2.75, 3.05) is 6.61 Å². The van der Waals surface area contributed by atoms with Crippen LogP contribution in [-0.2, 0) is 16.1 Å². The van der Waals surface area contributed by atoms with Gasteiger partial charge in [-0.3, -0.25) is 4.79 Å². The van der Waals surface area contributed by atoms with E-state index in [1.165, 1.54) is 11.1 Å². The normalized spacial score (nSPS) is 18.5. The highest BCUT2D eigenvalue weighted by Gasteiger charge is 2.33. The molecule has 180 valence electrons. The minimum atomic E-state index is -1.21. The van der Waals surface area contributed by atoms with E-state index in [1.54, 1.807) is 0 Å². The molecule has 9 heteroatoms. The van der Waals surface area contributed by atoms with Crippen molar-refractivity contribution < 1.29 is 28.6 Å². The summed E-state index contributed by atoms with van der Waals surface area (Å²) >= 11 is 0. The van der Waals surface area contributed by atoms with Gasteiger partial charge in [0.1, 0.15) is 6.61 Å². The molecule has 5 rings (SSSR count). The van der Waals surface area contributed by atoms with Crippen molar-refractivity contribution in [3.8, 4) is 11.1 Å². The summed E-state index contributed by atoms with van der Waals surface area (Å²) in [6.45, 7) is 0.182. The van der Waals surface area contributed by atoms with Crippen molar-refractivity contribution >= 4 is 18.0 Å². The molecule has 35 heavy (non-hydrogen) atoms. The van der Waals surface area contributed by atoms with Crippen LogP contribution in [0, 0.1) is 5.92 Å². The van der Waals surface area contributed by atoms with E-state index in [9.17, 15) is 14.4 Å². The molecule has 0 bridgehead atoms. The summed E-state index contributed by atoms with van der Waals surface area (Å²) < 4.78 is 10.6. The summed E-state index contributed by atoms with van der Waals surface area (Å²) in [5, 5.41) is 14.7. The van der Waals surface area contributed by atoms with E-state index in [0.29, 0.717) is 19.3 Å². The molecule has 1 heterocycles. The van der Waals surface area contributed by atoms with E-state index >= 15 is 0 Å². The number of hydrogen-bond donors (Lipinski definition) is 3. The molecule has 1 aromatic heterocycles. The summed E-state index contributed by atoms with van der Waals surface area (Å²) in [6.07, 6.45) is 2.30. The second-order valence-electron chi connectivity index (χ2n) is 8.82. The lowest BCUT2D eigenvalue weighted by Crippen LogP contribution is -2.35. The van der Waals surface area contributed by atoms with Crippen LogP contribution in [0.2, 0.25) is 0 Å². The van der Waals surface area contributed by atoms with Crippen LogP contribution in [-0.4, -0.2) is 40.7 Å². The molecule has 2 aliphatic carbocycles. The van der Waals surface area contributed by atoms with E-state index in [2.05, 4.69) is 39.9 Å². The number of amides is 2. The van der Waals surface area contributed by atoms with Gasteiger partial charge in [-0.05, 0) is 41.5 Å². The summed E-state index contributed by atoms with van der Waals surface area (Å²) in [5.74, 6) is -1.63. The largest absolute Gasteiger partial charge is 0.476 e. The number of fused-ring (bicyclic) bond motifs is 3. The maximum absolute atomic E-state index is 12.5. The molecule has 0 spiro atoms. The lowest BCUT2D eigenvalue weighted by Gasteiger charge is -2.17. The average molecular weight is 476 g/mol. The van der Waals surface area contributed by atoms with Crippen molar-refractivity contribution in [3.63, 3.8) is 0 Å². The maximum atomic E-state index is 12.5. The molecular weight excluding hydrogens is 450 g/mol. The number of benzene rings is 2. The van der Waals surface area contributed by atoms with Crippen molar-refractivity contribution in [3.05, 3.63) is 77.5 Å². The number of hydrogen-bond acceptors (Lipinski definition) is 6. The Morgan fingerprint density at radius 1 is 1.03 bits per heavy atom. The van der Waals surface area contributed by atoms with Crippen LogP contribution >= 0.6 is 0 Å². The van der Waals surface area contributed by atoms with Gasteiger partial charge in [0.05, 0.1) is 6.54 Å². The Labute approximate surface area is 201 Å². The molecule has 2 aliphatic rings. The fraction of sp³-hybridized carbons (Fsp3) is 0.308. The fourth-order valence-electron chi connectivity index (χ4n) is 5.04. The molecule has 2 atom stereocenters. The Morgan fingerprint density at radius 3 is 2.40 bits per heavy atom. The minimum Gasteiger partial charge on any atom is -0.476 e. The highest BCUT2D eigenvalue weighted by molar-refractivity contribution is 5.86. The van der Waals surface area contributed by atoms with Gasteiger partial charge >= 0.3 is 12.1 Å². The van der Waals surface area contributed by atoms with Crippen LogP contribution in [0.3, 0.4) is 0 Å². The van der Waals surface area contributed by atoms with Gasteiger partial charge < -0.3 is 24.9 Å². The first-order valence-corrected chi connectivity index (χ1v) is 11.6. The SMILES string of the molecule is O=C(N[C@@H]1CC[C@H](C(=O)NCc2ocnc2C(=O)O)C1)OCC1c2ccccc2-c2ccccc21. The third-order valence-corrected chi connectivity index (χ3v) is 6.74. The Hall–Kier alpha value is -4.14. The Kier molecular flexibility index (Phi) is 6.22. The van der Waals surface area contributed by atoms with E-state index in [1.807, 2.05) is 24.3 Å². The minimum absolute atomic E-state index is 0.0120. The van der Waals surface area contributed by atoms with Crippen LogP contribution in [0.4, 0.5) is 4.79 Å². The smallest absolute Gasteiger partial charge is 0.407 e. The number of oxazole rings is 1. The average Bonchev–Trinajstić information content (AvgIpc) is 3.59. The Morgan fingerprint density at radius 2 is 1.71 bits per heavy atom. The number of nitrogens with one attached hydrogen (secondary N) is 2. The zero-order chi connectivity index (χ0) is 24.4. The Bertz CT molecular complexity index is 1220. The van der Waals surface area contributed by atoms with Gasteiger partial charge in [-0.25, -0.2) is 14.6 Å². The number of carboxylic acids is 1. The van der Waals surface area contributed by atoms with Gasteiger partial charge in [-0.2, -0.15) is 0 Å². The molecule has 0 aliphatic heterocycles. The lowest BCUT2D eigenvalue weighted by atomic mass is 9.98. The number of aromatic carboxylic acids is 1. The van der Waals surface area contributed by atoms with Gasteiger partial charge in [-0.15, -0.1) is 0 Å². The number of rotatable bonds is 7. The summed E-state index contributed by atoms with van der Waals surface area (Å²) in [4.78, 5) is 39.8. The molecule has 3 N–H and O–H groups in total. The zero-order valence-electron chi connectivity index (χ0n) is 18.9. The first kappa shape index (κ1) is 22.6. The molecule has 0 unspecified atom stereocenters. The third kappa shape index (κ3) is 4.62. The molecule has 0 radical (unpaired) electrons. The van der Waals surface area contributed by atoms with Gasteiger partial charge in [0.25, 0.3) is 0 Å². The van der Waals surface area contributed by atoms with Crippen LogP contribution in [0.15, 0.2) is 59.3 Å². The van der Waals surface area contributed by atoms with E-state index in [0.717, 1.165) is 17.5 Å². The van der Waals surface area contributed by atoms with Crippen LogP contribution < -0.4 is 10.6 Å². The van der Waals surface area contributed by atoms with E-state index in [-0.39, 0.29) is 48.4 Å². The second kappa shape index (κ2) is 9.61. The van der Waals surface area contributed by atoms with Gasteiger partial charge in [0.2, 0.25) is 5.91 Å². The molecule has 2 aromatic carbocycles. The first-order valence-electron chi connectivity index (χ1n) is 11.6. The van der Waals surface area contributed by atoms with Gasteiger partial charge in [-0.1, -0.05) is 48.5 Å². The number of ether oxygens (including phenoxy) is 1. The molecule has 1 saturated carbocycles. The topological polar surface area (TPSA) is 131 Å². The summed E-state index contributed by atoms with van der Waals surface area (Å²) in [7, 11) is 0. The number of alkyl carbamates (subject to hydrolysis) is 1. The van der Waals surface area contributed by atoms with Crippen LogP contribution in [0.5, 0.6) is 0 Å². The molecule has 0 saturated heterocycles. The highest BCUT2D eigenvalue weighted by atomic mass is 16.5. The molecule has 9 nitrogen and oxygen atoms in total. The van der Waals surface area contributed by atoms with Crippen molar-refractivity contribution in [2.45, 2.75) is 37.8 Å². The number of nitrogens with zero attached hydrogens (tertiary/aromatic N) is 1. The van der Waals surface area contributed by atoms with Gasteiger partial charge in [0, 0.05) is 17.9 Å². The second-order valence-corrected chi connectivity index (χ2v) is 8.82. The van der Waals surface area contributed by atoms with E-state index in [4.69, 9.17) is 14.3 Å². The summed E-state index contributed by atoms with van der Waals surface area (Å²) in [6, 6.07) is 16.1. The monoisotopic (exact) mass is 475 g/mol. The first-order chi connectivity index (χ1) is 17.0. The van der Waals surface area contributed by atoms with Crippen LogP contribution in [0.25, 0.3) is 11.1 Å². The predicted molar refractivity (Wildman–Crippen MR) is 125 cm³/mol. The lowest BCUT2D eigenvalue weighted by molar-refractivity contribution is -0.125. The standard InChI is InChI=1S/C26H25N3O6/c30-24(27-12-22-23(25(31)32)28-14-35-22)15-9-10-16(11-15)29-26(33)34-13-21-19-7-3-1-5-17(19)18-6-2-4-8-20(18)21/h1-8,14-16,21H,9-13H2,(H,27,30)(H,29,33)(H,31,32)/t15-,16+/m0/s1. The van der Waals surface area contributed by atoms with Crippen molar-refractivity contribution in [1.82, 2.24) is 15.6 Å². The highest BCUT2D eigenvalue weighted by Crippen LogP contribution is 2.44. The number of carbonyl (C=O) groups is 3. The number of aromatic nitrogens is 1. The molecular formula is C26H25N3O6. The molecule has 2 amide bonds.